The highest BCUT2D eigenvalue weighted by Crippen LogP contribution is 2.31. The van der Waals surface area contributed by atoms with Gasteiger partial charge in [-0.05, 0) is 19.2 Å². The van der Waals surface area contributed by atoms with Crippen LogP contribution in [0.15, 0.2) is 42.5 Å². The molecule has 1 saturated heterocycles. The molecule has 1 amide bonds. The number of likely N-dealkylation sites (N-methyl/N-ethyl adjacent to an activating group) is 1. The van der Waals surface area contributed by atoms with E-state index in [-0.39, 0.29) is 11.7 Å². The van der Waals surface area contributed by atoms with Crippen LogP contribution in [-0.4, -0.2) is 74.6 Å². The summed E-state index contributed by atoms with van der Waals surface area (Å²) < 4.78 is 24.7. The van der Waals surface area contributed by atoms with E-state index in [1.54, 1.807) is 20.3 Å². The predicted octanol–water partition coefficient (Wildman–Crippen LogP) is 2.62. The van der Waals surface area contributed by atoms with E-state index in [2.05, 4.69) is 4.90 Å². The Morgan fingerprint density at radius 3 is 2.37 bits per heavy atom. The van der Waals surface area contributed by atoms with E-state index in [0.717, 1.165) is 18.7 Å². The van der Waals surface area contributed by atoms with E-state index in [9.17, 15) is 9.18 Å². The lowest BCUT2D eigenvalue weighted by Crippen LogP contribution is -2.50. The summed E-state index contributed by atoms with van der Waals surface area (Å²) in [6.45, 7) is 4.28. The quantitative estimate of drug-likeness (QED) is 0.663. The molecule has 6 nitrogen and oxygen atoms in total. The van der Waals surface area contributed by atoms with Gasteiger partial charge in [-0.25, -0.2) is 4.39 Å². The topological polar surface area (TPSA) is 45.2 Å². The Balaban J connectivity index is 1.49. The molecule has 2 aromatic rings. The zero-order valence-corrected chi connectivity index (χ0v) is 17.9. The van der Waals surface area contributed by atoms with Crippen molar-refractivity contribution in [2.75, 3.05) is 54.0 Å². The van der Waals surface area contributed by atoms with Crippen molar-refractivity contribution in [1.29, 1.82) is 0 Å². The second-order valence-corrected chi connectivity index (χ2v) is 7.57. The smallest absolute Gasteiger partial charge is 0.236 e. The minimum absolute atomic E-state index is 0.102. The third kappa shape index (κ3) is 5.49. The Labute approximate surface area is 177 Å². The van der Waals surface area contributed by atoms with E-state index >= 15 is 0 Å². The Bertz CT molecular complexity index is 853. The molecule has 2 aromatic carbocycles. The van der Waals surface area contributed by atoms with Crippen LogP contribution in [0.2, 0.25) is 0 Å². The lowest BCUT2D eigenvalue weighted by Gasteiger charge is -2.35. The molecule has 0 N–H and O–H groups in total. The summed E-state index contributed by atoms with van der Waals surface area (Å²) in [5.74, 6) is 1.30. The first-order valence-electron chi connectivity index (χ1n) is 10.1. The van der Waals surface area contributed by atoms with Crippen molar-refractivity contribution in [3.8, 4) is 11.5 Å². The standard InChI is InChI=1S/C23H30FN3O3/c1-25(15-19-8-6-10-21(29-2)23(19)30-3)17-22(28)27-13-11-26(12-14-27)16-18-7-4-5-9-20(18)24/h4-10H,11-17H2,1-3H3. The van der Waals surface area contributed by atoms with Crippen molar-refractivity contribution in [3.05, 3.63) is 59.4 Å². The summed E-state index contributed by atoms with van der Waals surface area (Å²) in [6, 6.07) is 12.6. The van der Waals surface area contributed by atoms with Gasteiger partial charge >= 0.3 is 0 Å². The average Bonchev–Trinajstić information content (AvgIpc) is 2.75. The van der Waals surface area contributed by atoms with Crippen molar-refractivity contribution in [2.24, 2.45) is 0 Å². The van der Waals surface area contributed by atoms with Gasteiger partial charge in [0.15, 0.2) is 11.5 Å². The van der Waals surface area contributed by atoms with Crippen LogP contribution in [0, 0.1) is 5.82 Å². The van der Waals surface area contributed by atoms with Crippen LogP contribution in [0.3, 0.4) is 0 Å². The molecular weight excluding hydrogens is 385 g/mol. The normalized spacial score (nSPS) is 14.8. The van der Waals surface area contributed by atoms with Crippen molar-refractivity contribution in [1.82, 2.24) is 14.7 Å². The van der Waals surface area contributed by atoms with Crippen LogP contribution in [0.5, 0.6) is 11.5 Å². The SMILES string of the molecule is COc1cccc(CN(C)CC(=O)N2CCN(Cc3ccccc3F)CC2)c1OC. The number of piperazine rings is 1. The molecule has 0 bridgehead atoms. The van der Waals surface area contributed by atoms with Gasteiger partial charge in [0.05, 0.1) is 20.8 Å². The number of ether oxygens (including phenoxy) is 2. The van der Waals surface area contributed by atoms with E-state index in [1.807, 2.05) is 47.2 Å². The molecule has 0 aromatic heterocycles. The molecule has 0 radical (unpaired) electrons. The number of nitrogens with zero attached hydrogens (tertiary/aromatic N) is 3. The molecule has 0 atom stereocenters. The molecule has 1 aliphatic rings. The van der Waals surface area contributed by atoms with Crippen LogP contribution < -0.4 is 9.47 Å². The second kappa shape index (κ2) is 10.4. The Kier molecular flexibility index (Phi) is 7.65. The molecule has 7 heteroatoms. The number of halogens is 1. The number of rotatable bonds is 8. The number of methoxy groups -OCH3 is 2. The number of carbonyl (C=O) groups is 1. The highest BCUT2D eigenvalue weighted by molar-refractivity contribution is 5.78. The number of amides is 1. The molecule has 3 rings (SSSR count). The fourth-order valence-electron chi connectivity index (χ4n) is 3.78. The van der Waals surface area contributed by atoms with E-state index in [4.69, 9.17) is 9.47 Å². The Hall–Kier alpha value is -2.64. The monoisotopic (exact) mass is 415 g/mol. The van der Waals surface area contributed by atoms with Crippen molar-refractivity contribution in [2.45, 2.75) is 13.1 Å². The molecular formula is C23H30FN3O3. The molecule has 1 aliphatic heterocycles. The van der Waals surface area contributed by atoms with Crippen molar-refractivity contribution < 1.29 is 18.7 Å². The minimum Gasteiger partial charge on any atom is -0.493 e. The molecule has 1 fully saturated rings. The van der Waals surface area contributed by atoms with E-state index < -0.39 is 0 Å². The number of hydrogen-bond donors (Lipinski definition) is 0. The summed E-state index contributed by atoms with van der Waals surface area (Å²) in [6.07, 6.45) is 0. The van der Waals surface area contributed by atoms with E-state index in [0.29, 0.717) is 49.8 Å². The Morgan fingerprint density at radius 2 is 1.70 bits per heavy atom. The molecule has 0 spiro atoms. The number of para-hydroxylation sites is 1. The third-order valence-electron chi connectivity index (χ3n) is 5.41. The summed E-state index contributed by atoms with van der Waals surface area (Å²) in [7, 11) is 5.15. The summed E-state index contributed by atoms with van der Waals surface area (Å²) >= 11 is 0. The van der Waals surface area contributed by atoms with Gasteiger partial charge in [-0.15, -0.1) is 0 Å². The first-order valence-corrected chi connectivity index (χ1v) is 10.1. The maximum Gasteiger partial charge on any atom is 0.236 e. The van der Waals surface area contributed by atoms with Gasteiger partial charge in [-0.1, -0.05) is 30.3 Å². The number of carbonyl (C=O) groups excluding carboxylic acids is 1. The van der Waals surface area contributed by atoms with Gasteiger partial charge < -0.3 is 14.4 Å². The van der Waals surface area contributed by atoms with Crippen molar-refractivity contribution in [3.63, 3.8) is 0 Å². The maximum atomic E-state index is 13.9. The van der Waals surface area contributed by atoms with Crippen molar-refractivity contribution >= 4 is 5.91 Å². The van der Waals surface area contributed by atoms with Crippen LogP contribution in [-0.2, 0) is 17.9 Å². The largest absolute Gasteiger partial charge is 0.493 e. The van der Waals surface area contributed by atoms with Gasteiger partial charge in [0.25, 0.3) is 0 Å². The third-order valence-corrected chi connectivity index (χ3v) is 5.41. The molecule has 30 heavy (non-hydrogen) atoms. The number of hydrogen-bond acceptors (Lipinski definition) is 5. The minimum atomic E-state index is -0.175. The zero-order chi connectivity index (χ0) is 21.5. The predicted molar refractivity (Wildman–Crippen MR) is 114 cm³/mol. The first-order chi connectivity index (χ1) is 14.5. The zero-order valence-electron chi connectivity index (χ0n) is 17.9. The van der Waals surface area contributed by atoms with Crippen LogP contribution in [0.25, 0.3) is 0 Å². The summed E-state index contributed by atoms with van der Waals surface area (Å²) in [5.41, 5.74) is 1.67. The van der Waals surface area contributed by atoms with Gasteiger partial charge in [0.1, 0.15) is 5.82 Å². The maximum absolute atomic E-state index is 13.9. The molecule has 0 aliphatic carbocycles. The summed E-state index contributed by atoms with van der Waals surface area (Å²) in [4.78, 5) is 18.8. The number of benzene rings is 2. The fourth-order valence-corrected chi connectivity index (χ4v) is 3.78. The van der Waals surface area contributed by atoms with Gasteiger partial charge in [-0.3, -0.25) is 14.6 Å². The second-order valence-electron chi connectivity index (χ2n) is 7.57. The molecule has 0 unspecified atom stereocenters. The lowest BCUT2D eigenvalue weighted by molar-refractivity contribution is -0.134. The molecule has 162 valence electrons. The van der Waals surface area contributed by atoms with Gasteiger partial charge in [0, 0.05) is 50.4 Å². The fraction of sp³-hybridized carbons (Fsp3) is 0.435. The average molecular weight is 416 g/mol. The highest BCUT2D eigenvalue weighted by atomic mass is 19.1. The molecule has 1 heterocycles. The first kappa shape index (κ1) is 22.1. The Morgan fingerprint density at radius 1 is 1.00 bits per heavy atom. The lowest BCUT2D eigenvalue weighted by atomic mass is 10.1. The van der Waals surface area contributed by atoms with Gasteiger partial charge in [0.2, 0.25) is 5.91 Å². The van der Waals surface area contributed by atoms with Gasteiger partial charge in [-0.2, -0.15) is 0 Å². The van der Waals surface area contributed by atoms with Crippen LogP contribution in [0.1, 0.15) is 11.1 Å². The summed E-state index contributed by atoms with van der Waals surface area (Å²) in [5, 5.41) is 0. The van der Waals surface area contributed by atoms with E-state index in [1.165, 1.54) is 6.07 Å². The molecule has 0 saturated carbocycles. The van der Waals surface area contributed by atoms with Crippen LogP contribution >= 0.6 is 0 Å². The highest BCUT2D eigenvalue weighted by Gasteiger charge is 2.23. The van der Waals surface area contributed by atoms with Crippen LogP contribution in [0.4, 0.5) is 4.39 Å².